The summed E-state index contributed by atoms with van der Waals surface area (Å²) in [5.74, 6) is 1.44. The molecule has 1 N–H and O–H groups in total. The average molecular weight is 293 g/mol. The first kappa shape index (κ1) is 16.5. The molecule has 1 saturated heterocycles. The molecule has 4 heteroatoms. The van der Waals surface area contributed by atoms with Crippen molar-refractivity contribution in [3.8, 4) is 0 Å². The van der Waals surface area contributed by atoms with Crippen molar-refractivity contribution in [2.75, 3.05) is 26.3 Å². The summed E-state index contributed by atoms with van der Waals surface area (Å²) in [4.78, 5) is 0. The molecule has 0 spiro atoms. The summed E-state index contributed by atoms with van der Waals surface area (Å²) in [6.45, 7) is 13.9. The Morgan fingerprint density at radius 2 is 2.00 bits per heavy atom. The molecule has 0 aromatic carbocycles. The fourth-order valence-corrected chi connectivity index (χ4v) is 3.05. The van der Waals surface area contributed by atoms with E-state index < -0.39 is 0 Å². The van der Waals surface area contributed by atoms with Crippen LogP contribution in [-0.4, -0.2) is 36.1 Å². The Bertz CT molecular complexity index is 433. The van der Waals surface area contributed by atoms with E-state index in [1.54, 1.807) is 0 Å². The lowest BCUT2D eigenvalue weighted by Crippen LogP contribution is -2.23. The molecular formula is C17H31N3O. The first-order valence-electron chi connectivity index (χ1n) is 8.39. The van der Waals surface area contributed by atoms with Gasteiger partial charge in [0.2, 0.25) is 0 Å². The summed E-state index contributed by atoms with van der Waals surface area (Å²) in [6.07, 6.45) is 3.42. The van der Waals surface area contributed by atoms with Crippen LogP contribution in [0.4, 0.5) is 0 Å². The van der Waals surface area contributed by atoms with E-state index in [0.717, 1.165) is 45.2 Å². The van der Waals surface area contributed by atoms with Crippen LogP contribution in [0.3, 0.4) is 0 Å². The van der Waals surface area contributed by atoms with Gasteiger partial charge >= 0.3 is 0 Å². The van der Waals surface area contributed by atoms with Crippen LogP contribution in [0.25, 0.3) is 0 Å². The quantitative estimate of drug-likeness (QED) is 0.786. The number of rotatable bonds is 7. The highest BCUT2D eigenvalue weighted by Gasteiger charge is 2.18. The van der Waals surface area contributed by atoms with Crippen LogP contribution < -0.4 is 5.32 Å². The van der Waals surface area contributed by atoms with Gasteiger partial charge in [0, 0.05) is 25.5 Å². The first-order chi connectivity index (χ1) is 10.1. The highest BCUT2D eigenvalue weighted by Crippen LogP contribution is 2.20. The molecule has 0 amide bonds. The molecular weight excluding hydrogens is 262 g/mol. The van der Waals surface area contributed by atoms with Crippen LogP contribution in [0.2, 0.25) is 0 Å². The largest absolute Gasteiger partial charge is 0.381 e. The van der Waals surface area contributed by atoms with Gasteiger partial charge in [-0.25, -0.2) is 0 Å². The van der Waals surface area contributed by atoms with Gasteiger partial charge in [-0.2, -0.15) is 5.10 Å². The lowest BCUT2D eigenvalue weighted by molar-refractivity contribution is 0.0599. The Morgan fingerprint density at radius 3 is 2.67 bits per heavy atom. The Labute approximate surface area is 129 Å². The number of hydrogen-bond acceptors (Lipinski definition) is 3. The minimum absolute atomic E-state index is 0.712. The molecule has 21 heavy (non-hydrogen) atoms. The molecule has 0 aliphatic carbocycles. The zero-order chi connectivity index (χ0) is 15.2. The third-order valence-electron chi connectivity index (χ3n) is 4.41. The van der Waals surface area contributed by atoms with Crippen molar-refractivity contribution in [3.63, 3.8) is 0 Å². The van der Waals surface area contributed by atoms with Gasteiger partial charge in [0.1, 0.15) is 0 Å². The van der Waals surface area contributed by atoms with Gasteiger partial charge in [0.05, 0.1) is 5.69 Å². The molecule has 0 unspecified atom stereocenters. The Hall–Kier alpha value is -0.870. The van der Waals surface area contributed by atoms with Gasteiger partial charge in [-0.15, -0.1) is 0 Å². The summed E-state index contributed by atoms with van der Waals surface area (Å²) in [5.41, 5.74) is 3.98. The van der Waals surface area contributed by atoms with Crippen molar-refractivity contribution in [2.24, 2.45) is 11.8 Å². The van der Waals surface area contributed by atoms with Crippen molar-refractivity contribution in [1.82, 2.24) is 15.1 Å². The molecule has 1 aromatic heterocycles. The van der Waals surface area contributed by atoms with Crippen molar-refractivity contribution >= 4 is 0 Å². The molecule has 120 valence electrons. The number of nitrogens with one attached hydrogen (secondary N) is 1. The van der Waals surface area contributed by atoms with E-state index in [0.29, 0.717) is 5.92 Å². The third kappa shape index (κ3) is 4.82. The average Bonchev–Trinajstić information content (AvgIpc) is 2.71. The molecule has 0 bridgehead atoms. The lowest BCUT2D eigenvalue weighted by Gasteiger charge is -2.22. The molecule has 1 aliphatic heterocycles. The first-order valence-corrected chi connectivity index (χ1v) is 8.39. The molecule has 2 heterocycles. The van der Waals surface area contributed by atoms with Gasteiger partial charge in [0.25, 0.3) is 0 Å². The highest BCUT2D eigenvalue weighted by molar-refractivity contribution is 5.24. The summed E-state index contributed by atoms with van der Waals surface area (Å²) < 4.78 is 7.67. The minimum atomic E-state index is 0.712. The van der Waals surface area contributed by atoms with E-state index in [1.165, 1.54) is 29.8 Å². The number of ether oxygens (including phenoxy) is 1. The van der Waals surface area contributed by atoms with Crippen LogP contribution in [0.5, 0.6) is 0 Å². The van der Waals surface area contributed by atoms with E-state index >= 15 is 0 Å². The predicted octanol–water partition coefficient (Wildman–Crippen LogP) is 2.71. The maximum atomic E-state index is 5.44. The van der Waals surface area contributed by atoms with Crippen LogP contribution in [0.1, 0.15) is 43.6 Å². The zero-order valence-electron chi connectivity index (χ0n) is 14.1. The zero-order valence-corrected chi connectivity index (χ0v) is 14.1. The van der Waals surface area contributed by atoms with E-state index in [2.05, 4.69) is 37.7 Å². The van der Waals surface area contributed by atoms with Crippen molar-refractivity contribution < 1.29 is 4.74 Å². The van der Waals surface area contributed by atoms with Crippen LogP contribution >= 0.6 is 0 Å². The van der Waals surface area contributed by atoms with Gasteiger partial charge < -0.3 is 10.1 Å². The SMILES string of the molecule is Cc1nn(CC2CCOCC2)c(C)c1CCNCC(C)C. The van der Waals surface area contributed by atoms with Gasteiger partial charge in [-0.05, 0) is 63.6 Å². The number of aromatic nitrogens is 2. The predicted molar refractivity (Wildman–Crippen MR) is 86.7 cm³/mol. The Kier molecular flexibility index (Phi) is 6.24. The minimum Gasteiger partial charge on any atom is -0.381 e. The van der Waals surface area contributed by atoms with Crippen molar-refractivity contribution in [1.29, 1.82) is 0 Å². The summed E-state index contributed by atoms with van der Waals surface area (Å²) in [7, 11) is 0. The van der Waals surface area contributed by atoms with Gasteiger partial charge in [0.15, 0.2) is 0 Å². The summed E-state index contributed by atoms with van der Waals surface area (Å²) in [6, 6.07) is 0. The highest BCUT2D eigenvalue weighted by atomic mass is 16.5. The molecule has 0 radical (unpaired) electrons. The van der Waals surface area contributed by atoms with Gasteiger partial charge in [-0.3, -0.25) is 4.68 Å². The normalized spacial score (nSPS) is 16.8. The van der Waals surface area contributed by atoms with Crippen LogP contribution in [0, 0.1) is 25.7 Å². The lowest BCUT2D eigenvalue weighted by atomic mass is 10.0. The molecule has 0 atom stereocenters. The summed E-state index contributed by atoms with van der Waals surface area (Å²) >= 11 is 0. The van der Waals surface area contributed by atoms with E-state index in [9.17, 15) is 0 Å². The van der Waals surface area contributed by atoms with E-state index in [-0.39, 0.29) is 0 Å². The number of nitrogens with zero attached hydrogens (tertiary/aromatic N) is 2. The van der Waals surface area contributed by atoms with E-state index in [1.807, 2.05) is 0 Å². The van der Waals surface area contributed by atoms with Crippen molar-refractivity contribution in [3.05, 3.63) is 17.0 Å². The second-order valence-electron chi connectivity index (χ2n) is 6.74. The maximum Gasteiger partial charge on any atom is 0.0628 e. The van der Waals surface area contributed by atoms with Gasteiger partial charge in [-0.1, -0.05) is 13.8 Å². The maximum absolute atomic E-state index is 5.44. The monoisotopic (exact) mass is 293 g/mol. The van der Waals surface area contributed by atoms with E-state index in [4.69, 9.17) is 9.84 Å². The standard InChI is InChI=1S/C17H31N3O/c1-13(2)11-18-8-5-17-14(3)19-20(15(17)4)12-16-6-9-21-10-7-16/h13,16,18H,5-12H2,1-4H3. The Morgan fingerprint density at radius 1 is 1.29 bits per heavy atom. The second-order valence-corrected chi connectivity index (χ2v) is 6.74. The molecule has 2 rings (SSSR count). The Balaban J connectivity index is 1.90. The fraction of sp³-hybridized carbons (Fsp3) is 0.824. The number of aryl methyl sites for hydroxylation is 1. The molecule has 1 fully saturated rings. The fourth-order valence-electron chi connectivity index (χ4n) is 3.05. The van der Waals surface area contributed by atoms with Crippen LogP contribution in [-0.2, 0) is 17.7 Å². The third-order valence-corrected chi connectivity index (χ3v) is 4.41. The van der Waals surface area contributed by atoms with Crippen molar-refractivity contribution in [2.45, 2.75) is 53.5 Å². The molecule has 4 nitrogen and oxygen atoms in total. The second kappa shape index (κ2) is 7.95. The molecule has 1 aromatic rings. The number of hydrogen-bond donors (Lipinski definition) is 1. The topological polar surface area (TPSA) is 39.1 Å². The smallest absolute Gasteiger partial charge is 0.0628 e. The molecule has 0 saturated carbocycles. The molecule has 1 aliphatic rings. The summed E-state index contributed by atoms with van der Waals surface area (Å²) in [5, 5.41) is 8.29. The van der Waals surface area contributed by atoms with Crippen LogP contribution in [0.15, 0.2) is 0 Å².